The molecule has 1 aromatic rings. The van der Waals surface area contributed by atoms with Crippen LogP contribution in [-0.4, -0.2) is 25.7 Å². The van der Waals surface area contributed by atoms with Crippen LogP contribution in [0.15, 0.2) is 22.7 Å². The zero-order valence-corrected chi connectivity index (χ0v) is 13.0. The molecule has 0 radical (unpaired) electrons. The molecule has 1 aliphatic carbocycles. The summed E-state index contributed by atoms with van der Waals surface area (Å²) in [6.45, 7) is 2.17. The molecule has 0 heterocycles. The van der Waals surface area contributed by atoms with Crippen molar-refractivity contribution < 1.29 is 9.53 Å². The van der Waals surface area contributed by atoms with Crippen LogP contribution in [0.5, 0.6) is 0 Å². The fraction of sp³-hybridized carbons (Fsp3) is 0.500. The SMILES string of the molecule is O=C(NCCCOCC1CC1)c1cccc(Br)c1Cl. The van der Waals surface area contributed by atoms with E-state index in [1.165, 1.54) is 12.8 Å². The molecule has 1 amide bonds. The Hall–Kier alpha value is -0.580. The van der Waals surface area contributed by atoms with Crippen LogP contribution in [-0.2, 0) is 4.74 Å². The van der Waals surface area contributed by atoms with E-state index in [9.17, 15) is 4.79 Å². The van der Waals surface area contributed by atoms with E-state index in [1.807, 2.05) is 6.07 Å². The fourth-order valence-corrected chi connectivity index (χ4v) is 2.26. The van der Waals surface area contributed by atoms with Crippen molar-refractivity contribution in [2.45, 2.75) is 19.3 Å². The van der Waals surface area contributed by atoms with Gasteiger partial charge in [0.2, 0.25) is 0 Å². The van der Waals surface area contributed by atoms with Crippen molar-refractivity contribution in [2.24, 2.45) is 5.92 Å². The molecule has 1 aliphatic rings. The molecule has 0 bridgehead atoms. The molecule has 19 heavy (non-hydrogen) atoms. The smallest absolute Gasteiger partial charge is 0.252 e. The van der Waals surface area contributed by atoms with Gasteiger partial charge in [0.05, 0.1) is 10.6 Å². The van der Waals surface area contributed by atoms with Crippen molar-refractivity contribution in [1.29, 1.82) is 0 Å². The number of hydrogen-bond donors (Lipinski definition) is 1. The molecule has 0 saturated heterocycles. The standard InChI is InChI=1S/C14H17BrClNO2/c15-12-4-1-3-11(13(12)16)14(18)17-7-2-8-19-9-10-5-6-10/h1,3-4,10H,2,5-9H2,(H,17,18). The molecule has 1 aromatic carbocycles. The molecule has 0 aromatic heterocycles. The van der Waals surface area contributed by atoms with Gasteiger partial charge in [0, 0.05) is 24.2 Å². The normalized spacial score (nSPS) is 14.4. The average Bonchev–Trinajstić information content (AvgIpc) is 3.20. The molecule has 1 fully saturated rings. The van der Waals surface area contributed by atoms with Crippen molar-refractivity contribution in [2.75, 3.05) is 19.8 Å². The van der Waals surface area contributed by atoms with Crippen molar-refractivity contribution >= 4 is 33.4 Å². The van der Waals surface area contributed by atoms with E-state index in [1.54, 1.807) is 12.1 Å². The Kier molecular flexibility index (Phi) is 5.67. The first kappa shape index (κ1) is 14.8. The summed E-state index contributed by atoms with van der Waals surface area (Å²) in [5.41, 5.74) is 0.495. The molecule has 0 spiro atoms. The second kappa shape index (κ2) is 7.27. The number of nitrogens with one attached hydrogen (secondary N) is 1. The summed E-state index contributed by atoms with van der Waals surface area (Å²) in [4.78, 5) is 11.9. The van der Waals surface area contributed by atoms with Gasteiger partial charge in [0.1, 0.15) is 0 Å². The van der Waals surface area contributed by atoms with Crippen molar-refractivity contribution in [3.63, 3.8) is 0 Å². The van der Waals surface area contributed by atoms with Gasteiger partial charge in [0.15, 0.2) is 0 Å². The minimum atomic E-state index is -0.145. The third-order valence-corrected chi connectivity index (χ3v) is 4.29. The van der Waals surface area contributed by atoms with E-state index in [0.717, 1.165) is 23.4 Å². The van der Waals surface area contributed by atoms with Crippen LogP contribution in [0, 0.1) is 5.92 Å². The lowest BCUT2D eigenvalue weighted by atomic mass is 10.2. The lowest BCUT2D eigenvalue weighted by molar-refractivity contribution is 0.0937. The highest BCUT2D eigenvalue weighted by Crippen LogP contribution is 2.28. The minimum absolute atomic E-state index is 0.145. The van der Waals surface area contributed by atoms with Crippen LogP contribution in [0.4, 0.5) is 0 Å². The van der Waals surface area contributed by atoms with Gasteiger partial charge in [-0.25, -0.2) is 0 Å². The number of carbonyl (C=O) groups excluding carboxylic acids is 1. The summed E-state index contributed by atoms with van der Waals surface area (Å²) in [6, 6.07) is 5.32. The Morgan fingerprint density at radius 2 is 2.26 bits per heavy atom. The maximum absolute atomic E-state index is 11.9. The average molecular weight is 347 g/mol. The molecule has 1 saturated carbocycles. The lowest BCUT2D eigenvalue weighted by Gasteiger charge is -2.08. The van der Waals surface area contributed by atoms with E-state index in [4.69, 9.17) is 16.3 Å². The molecule has 104 valence electrons. The highest BCUT2D eigenvalue weighted by Gasteiger charge is 2.20. The Balaban J connectivity index is 1.67. The van der Waals surface area contributed by atoms with E-state index in [2.05, 4.69) is 21.2 Å². The summed E-state index contributed by atoms with van der Waals surface area (Å²) < 4.78 is 6.23. The number of hydrogen-bond acceptors (Lipinski definition) is 2. The van der Waals surface area contributed by atoms with Crippen LogP contribution in [0.1, 0.15) is 29.6 Å². The zero-order valence-electron chi connectivity index (χ0n) is 10.6. The van der Waals surface area contributed by atoms with Crippen LogP contribution >= 0.6 is 27.5 Å². The zero-order chi connectivity index (χ0) is 13.7. The number of ether oxygens (including phenoxy) is 1. The van der Waals surface area contributed by atoms with Gasteiger partial charge in [-0.05, 0) is 53.2 Å². The first-order valence-electron chi connectivity index (χ1n) is 6.48. The van der Waals surface area contributed by atoms with Crippen molar-refractivity contribution in [3.05, 3.63) is 33.3 Å². The first-order valence-corrected chi connectivity index (χ1v) is 7.65. The number of rotatable bonds is 7. The molecular weight excluding hydrogens is 330 g/mol. The van der Waals surface area contributed by atoms with E-state index < -0.39 is 0 Å². The van der Waals surface area contributed by atoms with E-state index in [-0.39, 0.29) is 5.91 Å². The monoisotopic (exact) mass is 345 g/mol. The van der Waals surface area contributed by atoms with Gasteiger partial charge in [-0.1, -0.05) is 17.7 Å². The third kappa shape index (κ3) is 4.79. The highest BCUT2D eigenvalue weighted by atomic mass is 79.9. The predicted octanol–water partition coefficient (Wildman–Crippen LogP) is 3.65. The van der Waals surface area contributed by atoms with Crippen LogP contribution in [0.3, 0.4) is 0 Å². The summed E-state index contributed by atoms with van der Waals surface area (Å²) in [5.74, 6) is 0.642. The molecule has 2 rings (SSSR count). The Bertz CT molecular complexity index is 449. The number of amides is 1. The molecule has 0 atom stereocenters. The maximum Gasteiger partial charge on any atom is 0.252 e. The van der Waals surface area contributed by atoms with Gasteiger partial charge in [-0.3, -0.25) is 4.79 Å². The second-order valence-corrected chi connectivity index (χ2v) is 5.96. The van der Waals surface area contributed by atoms with E-state index in [0.29, 0.717) is 23.7 Å². The number of benzene rings is 1. The van der Waals surface area contributed by atoms with Crippen LogP contribution in [0.25, 0.3) is 0 Å². The quantitative estimate of drug-likeness (QED) is 0.765. The molecule has 0 unspecified atom stereocenters. The van der Waals surface area contributed by atoms with Crippen molar-refractivity contribution in [3.8, 4) is 0 Å². The second-order valence-electron chi connectivity index (χ2n) is 4.73. The summed E-state index contributed by atoms with van der Waals surface area (Å²) in [6.07, 6.45) is 3.43. The Morgan fingerprint density at radius 3 is 3.00 bits per heavy atom. The van der Waals surface area contributed by atoms with Gasteiger partial charge in [-0.15, -0.1) is 0 Å². The molecule has 0 aliphatic heterocycles. The molecular formula is C14H17BrClNO2. The van der Waals surface area contributed by atoms with E-state index >= 15 is 0 Å². The van der Waals surface area contributed by atoms with Gasteiger partial charge in [0.25, 0.3) is 5.91 Å². The van der Waals surface area contributed by atoms with Gasteiger partial charge in [-0.2, -0.15) is 0 Å². The summed E-state index contributed by atoms with van der Waals surface area (Å²) in [5, 5.41) is 3.30. The third-order valence-electron chi connectivity index (χ3n) is 3.00. The van der Waals surface area contributed by atoms with Gasteiger partial charge < -0.3 is 10.1 Å². The summed E-state index contributed by atoms with van der Waals surface area (Å²) in [7, 11) is 0. The molecule has 1 N–H and O–H groups in total. The topological polar surface area (TPSA) is 38.3 Å². The van der Waals surface area contributed by atoms with Crippen LogP contribution < -0.4 is 5.32 Å². The summed E-state index contributed by atoms with van der Waals surface area (Å²) >= 11 is 9.36. The lowest BCUT2D eigenvalue weighted by Crippen LogP contribution is -2.25. The van der Waals surface area contributed by atoms with Gasteiger partial charge >= 0.3 is 0 Å². The number of carbonyl (C=O) groups is 1. The van der Waals surface area contributed by atoms with Crippen LogP contribution in [0.2, 0.25) is 5.02 Å². The predicted molar refractivity (Wildman–Crippen MR) is 79.6 cm³/mol. The maximum atomic E-state index is 11.9. The first-order chi connectivity index (χ1) is 9.18. The fourth-order valence-electron chi connectivity index (χ4n) is 1.69. The molecule has 3 nitrogen and oxygen atoms in total. The Morgan fingerprint density at radius 1 is 1.47 bits per heavy atom. The van der Waals surface area contributed by atoms with Crippen molar-refractivity contribution in [1.82, 2.24) is 5.32 Å². The Labute approximate surface area is 126 Å². The highest BCUT2D eigenvalue weighted by molar-refractivity contribution is 9.10. The molecule has 5 heteroatoms. The minimum Gasteiger partial charge on any atom is -0.381 e. The largest absolute Gasteiger partial charge is 0.381 e. The number of halogens is 2.